The van der Waals surface area contributed by atoms with Crippen molar-refractivity contribution in [2.75, 3.05) is 20.2 Å². The minimum absolute atomic E-state index is 0.123. The normalized spacial score (nSPS) is 16.7. The molecule has 0 spiro atoms. The molecule has 3 rings (SSSR count). The van der Waals surface area contributed by atoms with Gasteiger partial charge in [-0.3, -0.25) is 9.59 Å². The third-order valence-electron chi connectivity index (χ3n) is 4.96. The van der Waals surface area contributed by atoms with E-state index in [0.717, 1.165) is 16.9 Å². The van der Waals surface area contributed by atoms with Gasteiger partial charge in [0.15, 0.2) is 0 Å². The maximum atomic E-state index is 12.6. The summed E-state index contributed by atoms with van der Waals surface area (Å²) in [7, 11) is 1.64. The predicted molar refractivity (Wildman–Crippen MR) is 106 cm³/mol. The van der Waals surface area contributed by atoms with Gasteiger partial charge in [0.25, 0.3) is 5.91 Å². The number of nitrogens with zero attached hydrogens (tertiary/aromatic N) is 1. The van der Waals surface area contributed by atoms with Crippen molar-refractivity contribution in [2.24, 2.45) is 5.92 Å². The first-order valence-corrected chi connectivity index (χ1v) is 9.30. The standard InChI is InChI=1S/C22H26N2O3/c1-15(2)24-14-16(11-21(24)25)13-23-22(26)18-8-6-7-17(12-18)19-9-4-5-10-20(19)27-3/h4-10,12,15-16H,11,13-14H2,1-3H3,(H,23,26). The lowest BCUT2D eigenvalue weighted by Crippen LogP contribution is -2.34. The number of ether oxygens (including phenoxy) is 1. The van der Waals surface area contributed by atoms with Crippen molar-refractivity contribution in [3.8, 4) is 16.9 Å². The zero-order valence-electron chi connectivity index (χ0n) is 16.1. The Morgan fingerprint density at radius 1 is 1.22 bits per heavy atom. The summed E-state index contributed by atoms with van der Waals surface area (Å²) in [6.45, 7) is 5.25. The molecule has 1 aliphatic rings. The molecule has 5 nitrogen and oxygen atoms in total. The monoisotopic (exact) mass is 366 g/mol. The highest BCUT2D eigenvalue weighted by Crippen LogP contribution is 2.30. The summed E-state index contributed by atoms with van der Waals surface area (Å²) < 4.78 is 5.42. The van der Waals surface area contributed by atoms with Crippen LogP contribution in [0, 0.1) is 5.92 Å². The summed E-state index contributed by atoms with van der Waals surface area (Å²) in [6, 6.07) is 15.4. The molecule has 1 saturated heterocycles. The third-order valence-corrected chi connectivity index (χ3v) is 4.96. The van der Waals surface area contributed by atoms with Crippen LogP contribution in [0.3, 0.4) is 0 Å². The van der Waals surface area contributed by atoms with E-state index in [1.165, 1.54) is 0 Å². The summed E-state index contributed by atoms with van der Waals surface area (Å²) in [5, 5.41) is 2.98. The van der Waals surface area contributed by atoms with Gasteiger partial charge < -0.3 is 15.0 Å². The second-order valence-electron chi connectivity index (χ2n) is 7.20. The Hall–Kier alpha value is -2.82. The van der Waals surface area contributed by atoms with Crippen molar-refractivity contribution < 1.29 is 14.3 Å². The van der Waals surface area contributed by atoms with Crippen molar-refractivity contribution >= 4 is 11.8 Å². The molecule has 2 aromatic rings. The lowest BCUT2D eigenvalue weighted by Gasteiger charge is -2.21. The zero-order valence-corrected chi connectivity index (χ0v) is 16.1. The fraction of sp³-hybridized carbons (Fsp3) is 0.364. The molecule has 0 aromatic heterocycles. The molecule has 1 atom stereocenters. The molecule has 0 saturated carbocycles. The third kappa shape index (κ3) is 4.30. The van der Waals surface area contributed by atoms with Gasteiger partial charge >= 0.3 is 0 Å². The minimum atomic E-state index is -0.123. The number of amides is 2. The van der Waals surface area contributed by atoms with Crippen molar-refractivity contribution in [1.82, 2.24) is 10.2 Å². The van der Waals surface area contributed by atoms with Gasteiger partial charge in [-0.15, -0.1) is 0 Å². The van der Waals surface area contributed by atoms with E-state index < -0.39 is 0 Å². The molecule has 0 bridgehead atoms. The van der Waals surface area contributed by atoms with Crippen molar-refractivity contribution in [3.05, 3.63) is 54.1 Å². The number of methoxy groups -OCH3 is 1. The van der Waals surface area contributed by atoms with Gasteiger partial charge in [0, 0.05) is 42.6 Å². The summed E-state index contributed by atoms with van der Waals surface area (Å²) in [5.41, 5.74) is 2.48. The Morgan fingerprint density at radius 3 is 2.70 bits per heavy atom. The van der Waals surface area contributed by atoms with E-state index >= 15 is 0 Å². The number of para-hydroxylation sites is 1. The topological polar surface area (TPSA) is 58.6 Å². The predicted octanol–water partition coefficient (Wildman–Crippen LogP) is 3.35. The highest BCUT2D eigenvalue weighted by Gasteiger charge is 2.31. The van der Waals surface area contributed by atoms with Gasteiger partial charge in [-0.05, 0) is 37.6 Å². The van der Waals surface area contributed by atoms with Crippen LogP contribution in [0.1, 0.15) is 30.6 Å². The first kappa shape index (κ1) is 19.0. The number of rotatable bonds is 6. The van der Waals surface area contributed by atoms with Crippen molar-refractivity contribution in [3.63, 3.8) is 0 Å². The Morgan fingerprint density at radius 2 is 2.00 bits per heavy atom. The van der Waals surface area contributed by atoms with Crippen LogP contribution in [-0.2, 0) is 4.79 Å². The van der Waals surface area contributed by atoms with Crippen LogP contribution < -0.4 is 10.1 Å². The summed E-state index contributed by atoms with van der Waals surface area (Å²) >= 11 is 0. The zero-order chi connectivity index (χ0) is 19.4. The van der Waals surface area contributed by atoms with Crippen LogP contribution in [0.5, 0.6) is 5.75 Å². The number of nitrogens with one attached hydrogen (secondary N) is 1. The molecule has 1 unspecified atom stereocenters. The summed E-state index contributed by atoms with van der Waals surface area (Å²) in [4.78, 5) is 26.5. The highest BCUT2D eigenvalue weighted by atomic mass is 16.5. The van der Waals surface area contributed by atoms with Gasteiger partial charge in [0.1, 0.15) is 5.75 Å². The second kappa shape index (κ2) is 8.25. The Kier molecular flexibility index (Phi) is 5.79. The summed E-state index contributed by atoms with van der Waals surface area (Å²) in [5.74, 6) is 0.985. The average molecular weight is 366 g/mol. The number of carbonyl (C=O) groups excluding carboxylic acids is 2. The Labute approximate surface area is 160 Å². The number of hydrogen-bond donors (Lipinski definition) is 1. The average Bonchev–Trinajstić information content (AvgIpc) is 3.07. The van der Waals surface area contributed by atoms with Crippen LogP contribution in [0.4, 0.5) is 0 Å². The van der Waals surface area contributed by atoms with Gasteiger partial charge in [-0.2, -0.15) is 0 Å². The largest absolute Gasteiger partial charge is 0.496 e. The molecular formula is C22H26N2O3. The van der Waals surface area contributed by atoms with E-state index in [0.29, 0.717) is 25.1 Å². The fourth-order valence-corrected chi connectivity index (χ4v) is 3.49. The number of carbonyl (C=O) groups is 2. The van der Waals surface area contributed by atoms with E-state index in [-0.39, 0.29) is 23.8 Å². The molecule has 1 heterocycles. The molecule has 1 N–H and O–H groups in total. The van der Waals surface area contributed by atoms with Crippen LogP contribution in [0.2, 0.25) is 0 Å². The molecule has 2 aromatic carbocycles. The van der Waals surface area contributed by atoms with E-state index in [2.05, 4.69) is 5.32 Å². The molecule has 1 aliphatic heterocycles. The molecule has 1 fully saturated rings. The maximum absolute atomic E-state index is 12.6. The van der Waals surface area contributed by atoms with Gasteiger partial charge in [-0.25, -0.2) is 0 Å². The van der Waals surface area contributed by atoms with Crippen LogP contribution in [0.15, 0.2) is 48.5 Å². The van der Waals surface area contributed by atoms with E-state index in [1.54, 1.807) is 13.2 Å². The first-order chi connectivity index (χ1) is 13.0. The van der Waals surface area contributed by atoms with E-state index in [4.69, 9.17) is 4.74 Å². The van der Waals surface area contributed by atoms with Crippen LogP contribution in [-0.4, -0.2) is 43.0 Å². The Bertz CT molecular complexity index is 832. The smallest absolute Gasteiger partial charge is 0.251 e. The van der Waals surface area contributed by atoms with Gasteiger partial charge in [0.2, 0.25) is 5.91 Å². The van der Waals surface area contributed by atoms with Crippen molar-refractivity contribution in [1.29, 1.82) is 0 Å². The number of hydrogen-bond acceptors (Lipinski definition) is 3. The Balaban J connectivity index is 1.67. The molecular weight excluding hydrogens is 340 g/mol. The lowest BCUT2D eigenvalue weighted by atomic mass is 10.0. The number of benzene rings is 2. The van der Waals surface area contributed by atoms with Crippen LogP contribution in [0.25, 0.3) is 11.1 Å². The van der Waals surface area contributed by atoms with Crippen LogP contribution >= 0.6 is 0 Å². The number of likely N-dealkylation sites (tertiary alicyclic amines) is 1. The fourth-order valence-electron chi connectivity index (χ4n) is 3.49. The van der Waals surface area contributed by atoms with Gasteiger partial charge in [-0.1, -0.05) is 30.3 Å². The molecule has 142 valence electrons. The SMILES string of the molecule is COc1ccccc1-c1cccc(C(=O)NCC2CC(=O)N(C(C)C)C2)c1. The molecule has 2 amide bonds. The van der Waals surface area contributed by atoms with Gasteiger partial charge in [0.05, 0.1) is 7.11 Å². The molecule has 5 heteroatoms. The molecule has 27 heavy (non-hydrogen) atoms. The summed E-state index contributed by atoms with van der Waals surface area (Å²) in [6.07, 6.45) is 0.500. The molecule has 0 radical (unpaired) electrons. The second-order valence-corrected chi connectivity index (χ2v) is 7.20. The van der Waals surface area contributed by atoms with Crippen molar-refractivity contribution in [2.45, 2.75) is 26.3 Å². The van der Waals surface area contributed by atoms with E-state index in [9.17, 15) is 9.59 Å². The quantitative estimate of drug-likeness (QED) is 0.853. The maximum Gasteiger partial charge on any atom is 0.251 e. The minimum Gasteiger partial charge on any atom is -0.496 e. The van der Waals surface area contributed by atoms with E-state index in [1.807, 2.05) is 61.2 Å². The molecule has 0 aliphatic carbocycles. The lowest BCUT2D eigenvalue weighted by molar-refractivity contribution is -0.129. The first-order valence-electron chi connectivity index (χ1n) is 9.30. The highest BCUT2D eigenvalue weighted by molar-refractivity contribution is 5.95.